The third kappa shape index (κ3) is 9.20. The highest BCUT2D eigenvalue weighted by Gasteiger charge is 2.39. The number of esters is 1. The molecule has 3 amide bonds. The molecule has 43 heavy (non-hydrogen) atoms. The van der Waals surface area contributed by atoms with Crippen LogP contribution in [0.3, 0.4) is 0 Å². The number of benzene rings is 2. The summed E-state index contributed by atoms with van der Waals surface area (Å²) in [6.45, 7) is 15.7. The van der Waals surface area contributed by atoms with Crippen molar-refractivity contribution in [3.05, 3.63) is 64.2 Å². The van der Waals surface area contributed by atoms with Crippen molar-refractivity contribution >= 4 is 23.9 Å². The van der Waals surface area contributed by atoms with E-state index in [0.717, 1.165) is 27.8 Å². The van der Waals surface area contributed by atoms with Gasteiger partial charge in [-0.1, -0.05) is 24.3 Å². The number of phenolic OH excluding ortho intramolecular Hbond substituents is 1. The van der Waals surface area contributed by atoms with Crippen molar-refractivity contribution in [2.24, 2.45) is 0 Å². The number of hydrogen-bond acceptors (Lipinski definition) is 7. The van der Waals surface area contributed by atoms with E-state index in [2.05, 4.69) is 10.6 Å². The Morgan fingerprint density at radius 2 is 1.49 bits per heavy atom. The van der Waals surface area contributed by atoms with Gasteiger partial charge in [0, 0.05) is 19.4 Å². The number of aromatic hydroxyl groups is 1. The van der Waals surface area contributed by atoms with Crippen LogP contribution in [0.5, 0.6) is 5.75 Å². The van der Waals surface area contributed by atoms with Crippen LogP contribution in [0.2, 0.25) is 0 Å². The molecule has 0 spiro atoms. The molecule has 1 aliphatic rings. The Kier molecular flexibility index (Phi) is 10.1. The van der Waals surface area contributed by atoms with E-state index in [1.165, 1.54) is 11.8 Å². The number of nitrogens with zero attached hydrogens (tertiary/aromatic N) is 1. The highest BCUT2D eigenvalue weighted by Crippen LogP contribution is 2.27. The van der Waals surface area contributed by atoms with Gasteiger partial charge < -0.3 is 30.1 Å². The average molecular weight is 596 g/mol. The van der Waals surface area contributed by atoms with Gasteiger partial charge in [0.15, 0.2) is 0 Å². The zero-order valence-corrected chi connectivity index (χ0v) is 26.7. The maximum absolute atomic E-state index is 14.4. The number of hydrogen-bond donors (Lipinski definition) is 3. The predicted molar refractivity (Wildman–Crippen MR) is 162 cm³/mol. The number of nitrogens with one attached hydrogen (secondary N) is 2. The molecular weight excluding hydrogens is 550 g/mol. The molecule has 0 saturated carbocycles. The lowest BCUT2D eigenvalue weighted by molar-refractivity contribution is -0.158. The van der Waals surface area contributed by atoms with Crippen molar-refractivity contribution in [1.29, 1.82) is 0 Å². The average Bonchev–Trinajstić information content (AvgIpc) is 2.86. The van der Waals surface area contributed by atoms with Gasteiger partial charge in [-0.25, -0.2) is 9.59 Å². The molecule has 0 aliphatic carbocycles. The molecule has 1 aliphatic heterocycles. The van der Waals surface area contributed by atoms with Gasteiger partial charge in [-0.15, -0.1) is 0 Å². The topological polar surface area (TPSA) is 134 Å². The molecule has 234 valence electrons. The second-order valence-corrected chi connectivity index (χ2v) is 13.2. The van der Waals surface area contributed by atoms with Crippen LogP contribution in [0.25, 0.3) is 0 Å². The van der Waals surface area contributed by atoms with Gasteiger partial charge in [-0.05, 0) is 102 Å². The summed E-state index contributed by atoms with van der Waals surface area (Å²) in [6, 6.07) is 7.78. The summed E-state index contributed by atoms with van der Waals surface area (Å²) in [5.74, 6) is -1.46. The number of fused-ring (bicyclic) bond motifs is 1. The lowest BCUT2D eigenvalue weighted by Crippen LogP contribution is -2.59. The predicted octanol–water partition coefficient (Wildman–Crippen LogP) is 4.24. The van der Waals surface area contributed by atoms with Crippen LogP contribution >= 0.6 is 0 Å². The minimum atomic E-state index is -1.08. The van der Waals surface area contributed by atoms with Crippen LogP contribution in [0, 0.1) is 13.8 Å². The second-order valence-electron chi connectivity index (χ2n) is 13.2. The maximum Gasteiger partial charge on any atom is 0.408 e. The fourth-order valence-corrected chi connectivity index (χ4v) is 5.09. The van der Waals surface area contributed by atoms with Crippen LogP contribution in [0.15, 0.2) is 36.4 Å². The van der Waals surface area contributed by atoms with Gasteiger partial charge >= 0.3 is 12.1 Å². The minimum Gasteiger partial charge on any atom is -0.508 e. The Labute approximate surface area is 254 Å². The second kappa shape index (κ2) is 13.1. The molecule has 0 fully saturated rings. The molecular formula is C33H45N3O7. The van der Waals surface area contributed by atoms with Crippen LogP contribution < -0.4 is 10.6 Å². The Hall–Kier alpha value is -4.08. The van der Waals surface area contributed by atoms with Gasteiger partial charge in [-0.2, -0.15) is 0 Å². The number of carbonyl (C=O) groups excluding carboxylic acids is 4. The van der Waals surface area contributed by atoms with Crippen molar-refractivity contribution in [2.75, 3.05) is 0 Å². The molecule has 3 rings (SSSR count). The molecule has 0 radical (unpaired) electrons. The molecule has 2 unspecified atom stereocenters. The molecule has 0 bridgehead atoms. The number of carbonyl (C=O) groups is 4. The van der Waals surface area contributed by atoms with Crippen LogP contribution in [0.1, 0.15) is 76.3 Å². The SMILES string of the molecule is Cc1cc(O)cc(C)c1CC(NC(=O)OC(C)(C)C)C(=O)N1Cc2ccccc2CC1C(=O)N[C@@H](C)C(=O)OC(C)(C)C. The van der Waals surface area contributed by atoms with E-state index < -0.39 is 53.2 Å². The Morgan fingerprint density at radius 1 is 0.930 bits per heavy atom. The summed E-state index contributed by atoms with van der Waals surface area (Å²) in [4.78, 5) is 55.1. The van der Waals surface area contributed by atoms with Crippen LogP contribution in [-0.2, 0) is 43.2 Å². The molecule has 0 saturated heterocycles. The zero-order valence-electron chi connectivity index (χ0n) is 26.7. The Morgan fingerprint density at radius 3 is 2.05 bits per heavy atom. The first-order valence-electron chi connectivity index (χ1n) is 14.5. The smallest absolute Gasteiger partial charge is 0.408 e. The van der Waals surface area contributed by atoms with Gasteiger partial charge in [-0.3, -0.25) is 9.59 Å². The van der Waals surface area contributed by atoms with E-state index >= 15 is 0 Å². The summed E-state index contributed by atoms with van der Waals surface area (Å²) < 4.78 is 10.9. The van der Waals surface area contributed by atoms with E-state index in [-0.39, 0.29) is 25.1 Å². The van der Waals surface area contributed by atoms with Crippen LogP contribution in [0.4, 0.5) is 4.79 Å². The number of rotatable bonds is 7. The highest BCUT2D eigenvalue weighted by molar-refractivity contribution is 5.94. The van der Waals surface area contributed by atoms with Crippen molar-refractivity contribution in [3.8, 4) is 5.75 Å². The van der Waals surface area contributed by atoms with Gasteiger partial charge in [0.25, 0.3) is 0 Å². The molecule has 10 heteroatoms. The maximum atomic E-state index is 14.4. The Balaban J connectivity index is 1.97. The first kappa shape index (κ1) is 33.4. The summed E-state index contributed by atoms with van der Waals surface area (Å²) in [6.07, 6.45) is -0.431. The zero-order chi connectivity index (χ0) is 32.3. The summed E-state index contributed by atoms with van der Waals surface area (Å²) in [5.41, 5.74) is 2.56. The van der Waals surface area contributed by atoms with Gasteiger partial charge in [0.2, 0.25) is 11.8 Å². The van der Waals surface area contributed by atoms with Crippen molar-refractivity contribution in [2.45, 2.75) is 111 Å². The van der Waals surface area contributed by atoms with E-state index in [4.69, 9.17) is 9.47 Å². The highest BCUT2D eigenvalue weighted by atomic mass is 16.6. The number of alkyl carbamates (subject to hydrolysis) is 1. The van der Waals surface area contributed by atoms with Gasteiger partial charge in [0.1, 0.15) is 35.1 Å². The third-order valence-electron chi connectivity index (χ3n) is 7.03. The Bertz CT molecular complexity index is 1350. The summed E-state index contributed by atoms with van der Waals surface area (Å²) in [7, 11) is 0. The lowest BCUT2D eigenvalue weighted by Gasteiger charge is -2.38. The van der Waals surface area contributed by atoms with E-state index in [0.29, 0.717) is 0 Å². The molecule has 1 heterocycles. The fraction of sp³-hybridized carbons (Fsp3) is 0.515. The minimum absolute atomic E-state index is 0.102. The number of ether oxygens (including phenoxy) is 2. The molecule has 3 N–H and O–H groups in total. The number of phenols is 1. The normalized spacial score (nSPS) is 16.4. The third-order valence-corrected chi connectivity index (χ3v) is 7.03. The van der Waals surface area contributed by atoms with Crippen molar-refractivity contribution in [3.63, 3.8) is 0 Å². The lowest BCUT2D eigenvalue weighted by atomic mass is 9.91. The molecule has 2 aromatic rings. The fourth-order valence-electron chi connectivity index (χ4n) is 5.09. The molecule has 10 nitrogen and oxygen atoms in total. The number of amides is 3. The largest absolute Gasteiger partial charge is 0.508 e. The monoisotopic (exact) mass is 595 g/mol. The van der Waals surface area contributed by atoms with E-state index in [1.54, 1.807) is 53.7 Å². The van der Waals surface area contributed by atoms with Gasteiger partial charge in [0.05, 0.1) is 0 Å². The van der Waals surface area contributed by atoms with Crippen molar-refractivity contribution in [1.82, 2.24) is 15.5 Å². The quantitative estimate of drug-likeness (QED) is 0.408. The standard InChI is InChI=1S/C33H45N3O7/c1-19-14-24(37)15-20(2)25(19)17-26(35-31(41)43-33(7,8)9)29(39)36-18-23-13-11-10-12-22(23)16-27(36)28(38)34-21(3)30(40)42-32(4,5)6/h10-15,21,26-27,37H,16-18H2,1-9H3,(H,34,38)(H,35,41)/t21-,26?,27?/m0/s1. The van der Waals surface area contributed by atoms with E-state index in [9.17, 15) is 24.3 Å². The first-order valence-corrected chi connectivity index (χ1v) is 14.5. The molecule has 2 aromatic carbocycles. The molecule has 0 aromatic heterocycles. The summed E-state index contributed by atoms with van der Waals surface area (Å²) >= 11 is 0. The first-order chi connectivity index (χ1) is 19.8. The number of aryl methyl sites for hydroxylation is 2. The van der Waals surface area contributed by atoms with E-state index in [1.807, 2.05) is 38.1 Å². The van der Waals surface area contributed by atoms with Crippen molar-refractivity contribution < 1.29 is 33.8 Å². The molecule has 3 atom stereocenters. The van der Waals surface area contributed by atoms with Crippen LogP contribution in [-0.4, -0.2) is 63.2 Å². The summed E-state index contributed by atoms with van der Waals surface area (Å²) in [5, 5.41) is 15.5.